The Morgan fingerprint density at radius 1 is 1.22 bits per heavy atom. The Morgan fingerprint density at radius 3 is 2.96 bits per heavy atom. The minimum Gasteiger partial charge on any atom is -0.372 e. The molecule has 0 aliphatic carbocycles. The van der Waals surface area contributed by atoms with Gasteiger partial charge in [-0.3, -0.25) is 5.10 Å². The van der Waals surface area contributed by atoms with Crippen LogP contribution in [-0.4, -0.2) is 33.3 Å². The molecule has 3 heterocycles. The highest BCUT2D eigenvalue weighted by atomic mass is 15.2. The highest BCUT2D eigenvalue weighted by molar-refractivity contribution is 5.86. The van der Waals surface area contributed by atoms with Crippen molar-refractivity contribution in [2.75, 3.05) is 29.0 Å². The molecule has 4 rings (SSSR count). The van der Waals surface area contributed by atoms with E-state index in [2.05, 4.69) is 54.6 Å². The van der Waals surface area contributed by atoms with Gasteiger partial charge in [-0.2, -0.15) is 15.1 Å². The fraction of sp³-hybridized carbons (Fsp3) is 0.312. The van der Waals surface area contributed by atoms with Crippen molar-refractivity contribution < 1.29 is 0 Å². The Balaban J connectivity index is 1.54. The quantitative estimate of drug-likeness (QED) is 0.683. The molecule has 1 aliphatic heterocycles. The highest BCUT2D eigenvalue weighted by Crippen LogP contribution is 2.23. The largest absolute Gasteiger partial charge is 0.372 e. The summed E-state index contributed by atoms with van der Waals surface area (Å²) in [5, 5.41) is 11.0. The van der Waals surface area contributed by atoms with Crippen LogP contribution in [0.3, 0.4) is 0 Å². The third-order valence-electron chi connectivity index (χ3n) is 4.17. The maximum Gasteiger partial charge on any atom is 0.224 e. The smallest absolute Gasteiger partial charge is 0.224 e. The fourth-order valence-electron chi connectivity index (χ4n) is 3.01. The first kappa shape index (κ1) is 13.8. The fourth-order valence-corrected chi connectivity index (χ4v) is 3.01. The molecule has 1 aliphatic rings. The normalized spacial score (nSPS) is 14.5. The zero-order valence-corrected chi connectivity index (χ0v) is 12.8. The summed E-state index contributed by atoms with van der Waals surface area (Å²) in [6.45, 7) is 2.97. The van der Waals surface area contributed by atoms with E-state index in [1.165, 1.54) is 24.1 Å². The van der Waals surface area contributed by atoms with Crippen LogP contribution >= 0.6 is 0 Å². The SMILES string of the molecule is Nc1nc(NCc2cccc(N3CCCC3)c2)c2cn[nH]c2n1. The van der Waals surface area contributed by atoms with E-state index in [4.69, 9.17) is 5.73 Å². The molecule has 2 aromatic heterocycles. The topological polar surface area (TPSA) is 95.7 Å². The first-order valence-corrected chi connectivity index (χ1v) is 7.84. The van der Waals surface area contributed by atoms with Gasteiger partial charge in [-0.15, -0.1) is 0 Å². The first-order valence-electron chi connectivity index (χ1n) is 7.84. The molecule has 3 aromatic rings. The van der Waals surface area contributed by atoms with Gasteiger partial charge in [0.15, 0.2) is 5.65 Å². The molecule has 0 saturated carbocycles. The molecule has 118 valence electrons. The molecule has 1 fully saturated rings. The number of nitrogens with two attached hydrogens (primary N) is 1. The van der Waals surface area contributed by atoms with Gasteiger partial charge in [-0.25, -0.2) is 0 Å². The lowest BCUT2D eigenvalue weighted by Crippen LogP contribution is -2.17. The summed E-state index contributed by atoms with van der Waals surface area (Å²) >= 11 is 0. The van der Waals surface area contributed by atoms with Gasteiger partial charge in [-0.05, 0) is 30.5 Å². The van der Waals surface area contributed by atoms with Crippen LogP contribution < -0.4 is 16.0 Å². The van der Waals surface area contributed by atoms with Crippen LogP contribution in [0.1, 0.15) is 18.4 Å². The van der Waals surface area contributed by atoms with E-state index in [1.807, 2.05) is 0 Å². The minimum atomic E-state index is 0.232. The van der Waals surface area contributed by atoms with Gasteiger partial charge in [-0.1, -0.05) is 12.1 Å². The summed E-state index contributed by atoms with van der Waals surface area (Å²) in [5.41, 5.74) is 8.89. The predicted molar refractivity (Wildman–Crippen MR) is 91.3 cm³/mol. The molecule has 0 spiro atoms. The molecule has 0 radical (unpaired) electrons. The van der Waals surface area contributed by atoms with Crippen molar-refractivity contribution in [2.24, 2.45) is 0 Å². The van der Waals surface area contributed by atoms with Crippen LogP contribution in [0.25, 0.3) is 11.0 Å². The number of H-pyrrole nitrogens is 1. The number of anilines is 3. The average Bonchev–Trinajstić information content (AvgIpc) is 3.24. The van der Waals surface area contributed by atoms with Crippen LogP contribution in [0.15, 0.2) is 30.5 Å². The van der Waals surface area contributed by atoms with Crippen molar-refractivity contribution in [3.8, 4) is 0 Å². The minimum absolute atomic E-state index is 0.232. The first-order chi connectivity index (χ1) is 11.3. The molecule has 23 heavy (non-hydrogen) atoms. The molecule has 4 N–H and O–H groups in total. The van der Waals surface area contributed by atoms with Crippen molar-refractivity contribution in [3.63, 3.8) is 0 Å². The second-order valence-electron chi connectivity index (χ2n) is 5.78. The maximum atomic E-state index is 5.74. The van der Waals surface area contributed by atoms with Gasteiger partial charge in [0.1, 0.15) is 5.82 Å². The van der Waals surface area contributed by atoms with Gasteiger partial charge in [0, 0.05) is 25.3 Å². The van der Waals surface area contributed by atoms with Gasteiger partial charge in [0.2, 0.25) is 5.95 Å². The third kappa shape index (κ3) is 2.77. The number of nitrogens with zero attached hydrogens (tertiary/aromatic N) is 4. The molecule has 0 amide bonds. The summed E-state index contributed by atoms with van der Waals surface area (Å²) in [4.78, 5) is 10.8. The van der Waals surface area contributed by atoms with Crippen LogP contribution in [0.2, 0.25) is 0 Å². The number of fused-ring (bicyclic) bond motifs is 1. The summed E-state index contributed by atoms with van der Waals surface area (Å²) in [6, 6.07) is 8.62. The number of rotatable bonds is 4. The highest BCUT2D eigenvalue weighted by Gasteiger charge is 2.12. The number of nitrogens with one attached hydrogen (secondary N) is 2. The molecule has 0 atom stereocenters. The molecular weight excluding hydrogens is 290 g/mol. The van der Waals surface area contributed by atoms with E-state index < -0.39 is 0 Å². The molecule has 1 saturated heterocycles. The van der Waals surface area contributed by atoms with E-state index in [1.54, 1.807) is 6.20 Å². The number of hydrogen-bond donors (Lipinski definition) is 3. The Kier molecular flexibility index (Phi) is 3.45. The molecule has 0 unspecified atom stereocenters. The summed E-state index contributed by atoms with van der Waals surface area (Å²) in [6.07, 6.45) is 4.26. The average molecular weight is 309 g/mol. The zero-order valence-electron chi connectivity index (χ0n) is 12.8. The van der Waals surface area contributed by atoms with E-state index in [9.17, 15) is 0 Å². The molecule has 7 nitrogen and oxygen atoms in total. The molecule has 1 aromatic carbocycles. The van der Waals surface area contributed by atoms with Crippen molar-refractivity contribution in [1.82, 2.24) is 20.2 Å². The van der Waals surface area contributed by atoms with Crippen molar-refractivity contribution >= 4 is 28.5 Å². The monoisotopic (exact) mass is 309 g/mol. The standard InChI is InChI=1S/C16H19N7/c17-16-20-14(13-10-19-22-15(13)21-16)18-9-11-4-3-5-12(8-11)23-6-1-2-7-23/h3-5,8,10H,1-2,6-7,9H2,(H4,17,18,19,20,21,22). The van der Waals surface area contributed by atoms with Crippen molar-refractivity contribution in [1.29, 1.82) is 0 Å². The van der Waals surface area contributed by atoms with E-state index >= 15 is 0 Å². The molecular formula is C16H19N7. The second kappa shape index (κ2) is 5.75. The Morgan fingerprint density at radius 2 is 2.09 bits per heavy atom. The van der Waals surface area contributed by atoms with Crippen molar-refractivity contribution in [3.05, 3.63) is 36.0 Å². The Hall–Kier alpha value is -2.83. The van der Waals surface area contributed by atoms with E-state index in [-0.39, 0.29) is 5.95 Å². The van der Waals surface area contributed by atoms with Gasteiger partial charge in [0.25, 0.3) is 0 Å². The summed E-state index contributed by atoms with van der Waals surface area (Å²) in [7, 11) is 0. The van der Waals surface area contributed by atoms with Gasteiger partial charge < -0.3 is 16.0 Å². The predicted octanol–water partition coefficient (Wildman–Crippen LogP) is 2.15. The lowest BCUT2D eigenvalue weighted by molar-refractivity contribution is 0.949. The number of aromatic nitrogens is 4. The zero-order chi connectivity index (χ0) is 15.6. The van der Waals surface area contributed by atoms with Gasteiger partial charge in [0.05, 0.1) is 11.6 Å². The van der Waals surface area contributed by atoms with E-state index in [0.29, 0.717) is 18.0 Å². The maximum absolute atomic E-state index is 5.74. The van der Waals surface area contributed by atoms with E-state index in [0.717, 1.165) is 18.5 Å². The van der Waals surface area contributed by atoms with Crippen molar-refractivity contribution in [2.45, 2.75) is 19.4 Å². The summed E-state index contributed by atoms with van der Waals surface area (Å²) < 4.78 is 0. The number of benzene rings is 1. The molecule has 0 bridgehead atoms. The van der Waals surface area contributed by atoms with Gasteiger partial charge >= 0.3 is 0 Å². The van der Waals surface area contributed by atoms with Crippen LogP contribution in [0, 0.1) is 0 Å². The third-order valence-corrected chi connectivity index (χ3v) is 4.17. The van der Waals surface area contributed by atoms with Crippen LogP contribution in [0.5, 0.6) is 0 Å². The molecule has 7 heteroatoms. The van der Waals surface area contributed by atoms with Crippen LogP contribution in [0.4, 0.5) is 17.5 Å². The second-order valence-corrected chi connectivity index (χ2v) is 5.78. The number of nitrogen functional groups attached to an aromatic ring is 1. The number of hydrogen-bond acceptors (Lipinski definition) is 6. The Labute approximate surface area is 133 Å². The van der Waals surface area contributed by atoms with Crippen LogP contribution in [-0.2, 0) is 6.54 Å². The lowest BCUT2D eigenvalue weighted by Gasteiger charge is -2.18. The summed E-state index contributed by atoms with van der Waals surface area (Å²) in [5.74, 6) is 0.933. The Bertz CT molecular complexity index is 820. The number of aromatic amines is 1. The lowest BCUT2D eigenvalue weighted by atomic mass is 10.2.